The van der Waals surface area contributed by atoms with Crippen molar-refractivity contribution in [2.45, 2.75) is 12.7 Å². The highest BCUT2D eigenvalue weighted by Crippen LogP contribution is 2.29. The highest BCUT2D eigenvalue weighted by atomic mass is 19.4. The average molecular weight is 320 g/mol. The van der Waals surface area contributed by atoms with Crippen LogP contribution in [0.2, 0.25) is 0 Å². The van der Waals surface area contributed by atoms with Gasteiger partial charge in [0.05, 0.1) is 11.1 Å². The lowest BCUT2D eigenvalue weighted by Crippen LogP contribution is -2.28. The quantitative estimate of drug-likeness (QED) is 0.789. The summed E-state index contributed by atoms with van der Waals surface area (Å²) in [4.78, 5) is 12.1. The number of amides is 1. The van der Waals surface area contributed by atoms with Crippen molar-refractivity contribution < 1.29 is 18.0 Å². The largest absolute Gasteiger partial charge is 0.416 e. The fourth-order valence-corrected chi connectivity index (χ4v) is 2.08. The van der Waals surface area contributed by atoms with E-state index in [9.17, 15) is 18.0 Å². The predicted molar refractivity (Wildman–Crippen MR) is 76.6 cm³/mol. The van der Waals surface area contributed by atoms with Crippen LogP contribution < -0.4 is 5.32 Å². The monoisotopic (exact) mass is 320 g/mol. The van der Waals surface area contributed by atoms with Crippen LogP contribution in [0.1, 0.15) is 11.1 Å². The van der Waals surface area contributed by atoms with Gasteiger partial charge in [0.15, 0.2) is 0 Å². The molecule has 8 heteroatoms. The number of carbonyl (C=O) groups excluding carboxylic acids is 1. The number of rotatable bonds is 2. The van der Waals surface area contributed by atoms with Crippen LogP contribution in [0.4, 0.5) is 18.0 Å². The first kappa shape index (κ1) is 15.0. The molecule has 0 spiro atoms. The third-order valence-corrected chi connectivity index (χ3v) is 3.27. The minimum atomic E-state index is -4.37. The minimum Gasteiger partial charge on any atom is -0.332 e. The first-order valence-electron chi connectivity index (χ1n) is 6.70. The number of fused-ring (bicyclic) bond motifs is 1. The zero-order chi connectivity index (χ0) is 16.4. The molecule has 0 unspecified atom stereocenters. The van der Waals surface area contributed by atoms with Gasteiger partial charge in [-0.05, 0) is 29.8 Å². The van der Waals surface area contributed by atoms with Crippen molar-refractivity contribution in [3.8, 4) is 0 Å². The molecule has 2 aromatic carbocycles. The Bertz CT molecular complexity index is 840. The van der Waals surface area contributed by atoms with Crippen molar-refractivity contribution >= 4 is 17.1 Å². The summed E-state index contributed by atoms with van der Waals surface area (Å²) in [5.74, 6) is 0. The SMILES string of the molecule is O=C(NCc1ccc(C(F)(F)F)cc1)n1nnc2ccccc21. The van der Waals surface area contributed by atoms with Crippen LogP contribution in [0.3, 0.4) is 0 Å². The van der Waals surface area contributed by atoms with Crippen molar-refractivity contribution in [3.63, 3.8) is 0 Å². The van der Waals surface area contributed by atoms with Gasteiger partial charge in [0, 0.05) is 6.54 Å². The molecule has 23 heavy (non-hydrogen) atoms. The third kappa shape index (κ3) is 3.15. The second-order valence-electron chi connectivity index (χ2n) is 4.84. The Morgan fingerprint density at radius 1 is 1.09 bits per heavy atom. The number of nitrogens with zero attached hydrogens (tertiary/aromatic N) is 3. The van der Waals surface area contributed by atoms with Crippen molar-refractivity contribution in [2.24, 2.45) is 0 Å². The normalized spacial score (nSPS) is 11.6. The summed E-state index contributed by atoms with van der Waals surface area (Å²) < 4.78 is 38.5. The molecule has 118 valence electrons. The Kier molecular flexibility index (Phi) is 3.73. The molecule has 1 amide bonds. The molecule has 0 radical (unpaired) electrons. The summed E-state index contributed by atoms with van der Waals surface area (Å²) in [6.45, 7) is 0.0884. The highest BCUT2D eigenvalue weighted by Gasteiger charge is 2.29. The van der Waals surface area contributed by atoms with Gasteiger partial charge in [0.1, 0.15) is 5.52 Å². The van der Waals surface area contributed by atoms with E-state index in [0.717, 1.165) is 16.8 Å². The van der Waals surface area contributed by atoms with E-state index in [1.165, 1.54) is 12.1 Å². The summed E-state index contributed by atoms with van der Waals surface area (Å²) in [5, 5.41) is 10.2. The molecule has 3 rings (SSSR count). The number of para-hydroxylation sites is 1. The molecule has 0 fully saturated rings. The van der Waals surface area contributed by atoms with E-state index in [4.69, 9.17) is 0 Å². The first-order chi connectivity index (χ1) is 10.9. The summed E-state index contributed by atoms with van der Waals surface area (Å²) in [5.41, 5.74) is 0.959. The van der Waals surface area contributed by atoms with E-state index in [-0.39, 0.29) is 6.54 Å². The second kappa shape index (κ2) is 5.71. The molecule has 0 saturated carbocycles. The molecule has 0 saturated heterocycles. The van der Waals surface area contributed by atoms with Crippen molar-refractivity contribution in [2.75, 3.05) is 0 Å². The number of alkyl halides is 3. The van der Waals surface area contributed by atoms with E-state index < -0.39 is 17.8 Å². The van der Waals surface area contributed by atoms with Gasteiger partial charge in [-0.1, -0.05) is 29.5 Å². The number of nitrogens with one attached hydrogen (secondary N) is 1. The Labute approximate surface area is 128 Å². The van der Waals surface area contributed by atoms with Crippen LogP contribution in [-0.4, -0.2) is 21.0 Å². The Balaban J connectivity index is 1.69. The number of hydrogen-bond donors (Lipinski definition) is 1. The molecule has 1 heterocycles. The van der Waals surface area contributed by atoms with Gasteiger partial charge in [-0.2, -0.15) is 17.9 Å². The second-order valence-corrected chi connectivity index (χ2v) is 4.84. The first-order valence-corrected chi connectivity index (χ1v) is 6.70. The molecule has 0 bridgehead atoms. The van der Waals surface area contributed by atoms with Crippen molar-refractivity contribution in [1.29, 1.82) is 0 Å². The van der Waals surface area contributed by atoms with E-state index in [2.05, 4.69) is 15.6 Å². The Morgan fingerprint density at radius 2 is 1.78 bits per heavy atom. The third-order valence-electron chi connectivity index (χ3n) is 3.27. The Hall–Kier alpha value is -2.90. The fraction of sp³-hybridized carbons (Fsp3) is 0.133. The number of hydrogen-bond acceptors (Lipinski definition) is 3. The van der Waals surface area contributed by atoms with Crippen LogP contribution in [0, 0.1) is 0 Å². The van der Waals surface area contributed by atoms with Crippen LogP contribution in [0.15, 0.2) is 48.5 Å². The lowest BCUT2D eigenvalue weighted by Gasteiger charge is -2.08. The molecule has 5 nitrogen and oxygen atoms in total. The van der Waals surface area contributed by atoms with Gasteiger partial charge in [-0.25, -0.2) is 4.79 Å². The number of halogens is 3. The maximum atomic E-state index is 12.5. The van der Waals surface area contributed by atoms with Gasteiger partial charge in [0.25, 0.3) is 0 Å². The number of carbonyl (C=O) groups is 1. The zero-order valence-corrected chi connectivity index (χ0v) is 11.7. The summed E-state index contributed by atoms with van der Waals surface area (Å²) in [6.07, 6.45) is -4.37. The standard InChI is InChI=1S/C15H11F3N4O/c16-15(17,18)11-7-5-10(6-8-11)9-19-14(23)22-13-4-2-1-3-12(13)20-21-22/h1-8H,9H2,(H,19,23). The zero-order valence-electron chi connectivity index (χ0n) is 11.7. The van der Waals surface area contributed by atoms with E-state index in [1.54, 1.807) is 24.3 Å². The Morgan fingerprint density at radius 3 is 2.48 bits per heavy atom. The van der Waals surface area contributed by atoms with E-state index in [0.29, 0.717) is 16.6 Å². The molecular weight excluding hydrogens is 309 g/mol. The minimum absolute atomic E-state index is 0.0884. The van der Waals surface area contributed by atoms with Gasteiger partial charge >= 0.3 is 12.2 Å². The number of benzene rings is 2. The van der Waals surface area contributed by atoms with Crippen LogP contribution >= 0.6 is 0 Å². The average Bonchev–Trinajstić information content (AvgIpc) is 2.96. The lowest BCUT2D eigenvalue weighted by atomic mass is 10.1. The highest BCUT2D eigenvalue weighted by molar-refractivity contribution is 5.87. The molecular formula is C15H11F3N4O. The molecule has 1 aromatic heterocycles. The lowest BCUT2D eigenvalue weighted by molar-refractivity contribution is -0.137. The fourth-order valence-electron chi connectivity index (χ4n) is 2.08. The molecule has 3 aromatic rings. The van der Waals surface area contributed by atoms with Crippen LogP contribution in [-0.2, 0) is 12.7 Å². The molecule has 0 atom stereocenters. The van der Waals surface area contributed by atoms with Gasteiger partial charge in [-0.3, -0.25) is 0 Å². The molecule has 0 aliphatic carbocycles. The summed E-state index contributed by atoms with van der Waals surface area (Å²) >= 11 is 0. The van der Waals surface area contributed by atoms with Crippen LogP contribution in [0.25, 0.3) is 11.0 Å². The van der Waals surface area contributed by atoms with Crippen molar-refractivity contribution in [1.82, 2.24) is 20.3 Å². The maximum absolute atomic E-state index is 12.5. The maximum Gasteiger partial charge on any atom is 0.416 e. The molecule has 0 aliphatic rings. The van der Waals surface area contributed by atoms with Crippen molar-refractivity contribution in [3.05, 3.63) is 59.7 Å². The van der Waals surface area contributed by atoms with Gasteiger partial charge < -0.3 is 5.32 Å². The van der Waals surface area contributed by atoms with Gasteiger partial charge in [-0.15, -0.1) is 5.10 Å². The van der Waals surface area contributed by atoms with E-state index >= 15 is 0 Å². The molecule has 1 N–H and O–H groups in total. The van der Waals surface area contributed by atoms with E-state index in [1.807, 2.05) is 0 Å². The smallest absolute Gasteiger partial charge is 0.332 e. The van der Waals surface area contributed by atoms with Gasteiger partial charge in [0.2, 0.25) is 0 Å². The summed E-state index contributed by atoms with van der Waals surface area (Å²) in [6, 6.07) is 11.1. The number of aromatic nitrogens is 3. The molecule has 0 aliphatic heterocycles. The topological polar surface area (TPSA) is 59.8 Å². The van der Waals surface area contributed by atoms with Crippen LogP contribution in [0.5, 0.6) is 0 Å². The summed E-state index contributed by atoms with van der Waals surface area (Å²) in [7, 11) is 0. The predicted octanol–water partition coefficient (Wildman–Crippen LogP) is 3.21.